The number of hydrogen-bond donors (Lipinski definition) is 4. The number of benzene rings is 1. The van der Waals surface area contributed by atoms with Crippen molar-refractivity contribution in [1.29, 1.82) is 0 Å². The van der Waals surface area contributed by atoms with Crippen molar-refractivity contribution in [3.05, 3.63) is 24.5 Å². The van der Waals surface area contributed by atoms with Crippen molar-refractivity contribution in [2.24, 2.45) is 0 Å². The van der Waals surface area contributed by atoms with Crippen LogP contribution in [0.2, 0.25) is 0 Å². The molecule has 1 atom stereocenters. The first kappa shape index (κ1) is 21.7. The fourth-order valence-corrected chi connectivity index (χ4v) is 3.85. The number of aromatic nitrogens is 4. The standard InChI is InChI=1S/C22H29N7O4/c1-2-16(13-23-5-1)26-21-19-20(25-14-24-19)28-22(29-21)27-15-3-4-17-18(12-15)33-11-9-31-7-6-30-8-10-32-17/h3-4,12,14,16,23H,1-2,5-11,13H2,(H3,24,25,26,27,28,29)/t16-/m1/s1. The number of nitrogens with zero attached hydrogens (tertiary/aromatic N) is 3. The van der Waals surface area contributed by atoms with Gasteiger partial charge in [-0.1, -0.05) is 0 Å². The second-order valence-corrected chi connectivity index (χ2v) is 7.89. The highest BCUT2D eigenvalue weighted by Crippen LogP contribution is 2.32. The second-order valence-electron chi connectivity index (χ2n) is 7.89. The lowest BCUT2D eigenvalue weighted by molar-refractivity contribution is 0.0223. The summed E-state index contributed by atoms with van der Waals surface area (Å²) >= 11 is 0. The zero-order valence-corrected chi connectivity index (χ0v) is 18.4. The van der Waals surface area contributed by atoms with E-state index in [4.69, 9.17) is 23.9 Å². The molecule has 0 aliphatic carbocycles. The van der Waals surface area contributed by atoms with Gasteiger partial charge in [-0.15, -0.1) is 0 Å². The van der Waals surface area contributed by atoms with E-state index in [9.17, 15) is 0 Å². The van der Waals surface area contributed by atoms with E-state index in [1.54, 1.807) is 6.33 Å². The summed E-state index contributed by atoms with van der Waals surface area (Å²) in [4.78, 5) is 16.7. The predicted molar refractivity (Wildman–Crippen MR) is 124 cm³/mol. The molecule has 0 amide bonds. The van der Waals surface area contributed by atoms with E-state index < -0.39 is 0 Å². The molecule has 2 aliphatic heterocycles. The Balaban J connectivity index is 1.35. The molecule has 4 N–H and O–H groups in total. The van der Waals surface area contributed by atoms with Crippen LogP contribution < -0.4 is 25.4 Å². The van der Waals surface area contributed by atoms with E-state index >= 15 is 0 Å². The smallest absolute Gasteiger partial charge is 0.231 e. The Morgan fingerprint density at radius 3 is 2.58 bits per heavy atom. The third-order valence-corrected chi connectivity index (χ3v) is 5.47. The van der Waals surface area contributed by atoms with Gasteiger partial charge >= 0.3 is 0 Å². The summed E-state index contributed by atoms with van der Waals surface area (Å²) in [6.45, 7) is 4.87. The van der Waals surface area contributed by atoms with Gasteiger partial charge in [0.1, 0.15) is 18.7 Å². The van der Waals surface area contributed by atoms with E-state index in [1.165, 1.54) is 0 Å². The maximum atomic E-state index is 5.91. The molecule has 5 rings (SSSR count). The van der Waals surface area contributed by atoms with Crippen LogP contribution in [0.4, 0.5) is 17.5 Å². The van der Waals surface area contributed by atoms with Gasteiger partial charge in [-0.3, -0.25) is 0 Å². The van der Waals surface area contributed by atoms with E-state index in [0.717, 1.165) is 43.0 Å². The van der Waals surface area contributed by atoms with Crippen LogP contribution in [0.1, 0.15) is 12.8 Å². The van der Waals surface area contributed by atoms with Gasteiger partial charge in [-0.05, 0) is 31.5 Å². The maximum absolute atomic E-state index is 5.91. The van der Waals surface area contributed by atoms with E-state index in [2.05, 4.69) is 30.9 Å². The zero-order valence-electron chi connectivity index (χ0n) is 18.4. The number of aromatic amines is 1. The molecule has 0 unspecified atom stereocenters. The van der Waals surface area contributed by atoms with Crippen LogP contribution in [0.25, 0.3) is 11.2 Å². The molecule has 4 heterocycles. The third-order valence-electron chi connectivity index (χ3n) is 5.47. The Morgan fingerprint density at radius 1 is 0.939 bits per heavy atom. The zero-order chi connectivity index (χ0) is 22.3. The lowest BCUT2D eigenvalue weighted by Crippen LogP contribution is -2.38. The number of H-pyrrole nitrogens is 1. The summed E-state index contributed by atoms with van der Waals surface area (Å²) in [5.74, 6) is 2.46. The highest BCUT2D eigenvalue weighted by atomic mass is 16.6. The number of anilines is 3. The SMILES string of the molecule is c1nc2nc(Nc3ccc4c(c3)OCCOCCOCCO4)nc(N[C@@H]3CCCNC3)c2[nH]1. The summed E-state index contributed by atoms with van der Waals surface area (Å²) < 4.78 is 22.7. The number of fused-ring (bicyclic) bond motifs is 2. The third kappa shape index (κ3) is 5.62. The van der Waals surface area contributed by atoms with Crippen LogP contribution >= 0.6 is 0 Å². The maximum Gasteiger partial charge on any atom is 0.231 e. The van der Waals surface area contributed by atoms with Crippen molar-refractivity contribution in [3.8, 4) is 11.5 Å². The van der Waals surface area contributed by atoms with Gasteiger partial charge in [0.05, 0.1) is 32.8 Å². The molecule has 11 nitrogen and oxygen atoms in total. The number of piperidine rings is 1. The van der Waals surface area contributed by atoms with Crippen LogP contribution in [0.15, 0.2) is 24.5 Å². The molecule has 0 bridgehead atoms. The average Bonchev–Trinajstić information content (AvgIpc) is 3.30. The number of hydrogen-bond acceptors (Lipinski definition) is 10. The Labute approximate surface area is 191 Å². The van der Waals surface area contributed by atoms with Crippen molar-refractivity contribution in [2.75, 3.05) is 63.4 Å². The van der Waals surface area contributed by atoms with Crippen molar-refractivity contribution >= 4 is 28.6 Å². The molecule has 1 saturated heterocycles. The molecule has 1 fully saturated rings. The summed E-state index contributed by atoms with van der Waals surface area (Å²) in [5.41, 5.74) is 2.17. The van der Waals surface area contributed by atoms with Crippen LogP contribution in [-0.2, 0) is 9.47 Å². The van der Waals surface area contributed by atoms with Crippen molar-refractivity contribution in [2.45, 2.75) is 18.9 Å². The normalized spacial score (nSPS) is 19.9. The number of ether oxygens (including phenoxy) is 4. The summed E-state index contributed by atoms with van der Waals surface area (Å²) in [5, 5.41) is 10.2. The molecule has 3 aromatic rings. The van der Waals surface area contributed by atoms with E-state index in [0.29, 0.717) is 68.8 Å². The van der Waals surface area contributed by atoms with E-state index in [-0.39, 0.29) is 0 Å². The quantitative estimate of drug-likeness (QED) is 0.464. The number of rotatable bonds is 4. The predicted octanol–water partition coefficient (Wildman–Crippen LogP) is 2.06. The van der Waals surface area contributed by atoms with Crippen LogP contribution in [0.5, 0.6) is 11.5 Å². The van der Waals surface area contributed by atoms with Crippen LogP contribution in [-0.4, -0.2) is 78.7 Å². The minimum atomic E-state index is 0.308. The van der Waals surface area contributed by atoms with Crippen LogP contribution in [0, 0.1) is 0 Å². The first-order valence-corrected chi connectivity index (χ1v) is 11.4. The fraction of sp³-hybridized carbons (Fsp3) is 0.500. The lowest BCUT2D eigenvalue weighted by atomic mass is 10.1. The van der Waals surface area contributed by atoms with Gasteiger partial charge in [-0.25, -0.2) is 4.98 Å². The Morgan fingerprint density at radius 2 is 1.76 bits per heavy atom. The molecule has 11 heteroatoms. The molecule has 2 aromatic heterocycles. The highest BCUT2D eigenvalue weighted by Gasteiger charge is 2.17. The van der Waals surface area contributed by atoms with Gasteiger partial charge in [-0.2, -0.15) is 9.97 Å². The fourth-order valence-electron chi connectivity index (χ4n) is 3.85. The molecule has 0 radical (unpaired) electrons. The molecular weight excluding hydrogens is 426 g/mol. The number of nitrogens with one attached hydrogen (secondary N) is 4. The van der Waals surface area contributed by atoms with E-state index in [1.807, 2.05) is 18.2 Å². The molecule has 1 aromatic carbocycles. The van der Waals surface area contributed by atoms with Gasteiger partial charge in [0.2, 0.25) is 5.95 Å². The molecule has 0 saturated carbocycles. The number of imidazole rings is 1. The second kappa shape index (κ2) is 10.6. The monoisotopic (exact) mass is 455 g/mol. The lowest BCUT2D eigenvalue weighted by Gasteiger charge is -2.24. The Bertz CT molecular complexity index is 1050. The summed E-state index contributed by atoms with van der Waals surface area (Å²) in [6, 6.07) is 5.95. The van der Waals surface area contributed by atoms with Crippen molar-refractivity contribution < 1.29 is 18.9 Å². The largest absolute Gasteiger partial charge is 0.487 e. The molecule has 33 heavy (non-hydrogen) atoms. The molecule has 2 aliphatic rings. The molecular formula is C22H29N7O4. The molecule has 176 valence electrons. The minimum Gasteiger partial charge on any atom is -0.487 e. The Kier molecular flexibility index (Phi) is 6.99. The first-order chi connectivity index (χ1) is 16.3. The van der Waals surface area contributed by atoms with Gasteiger partial charge in [0, 0.05) is 24.3 Å². The van der Waals surface area contributed by atoms with Crippen molar-refractivity contribution in [1.82, 2.24) is 25.3 Å². The van der Waals surface area contributed by atoms with Gasteiger partial charge < -0.3 is 39.9 Å². The van der Waals surface area contributed by atoms with Gasteiger partial charge in [0.15, 0.2) is 23.0 Å². The van der Waals surface area contributed by atoms with Gasteiger partial charge in [0.25, 0.3) is 0 Å². The van der Waals surface area contributed by atoms with Crippen molar-refractivity contribution in [3.63, 3.8) is 0 Å². The first-order valence-electron chi connectivity index (χ1n) is 11.4. The summed E-state index contributed by atoms with van der Waals surface area (Å²) in [6.07, 6.45) is 3.85. The molecule has 0 spiro atoms. The topological polar surface area (TPSA) is 127 Å². The average molecular weight is 456 g/mol. The minimum absolute atomic E-state index is 0.308. The highest BCUT2D eigenvalue weighted by molar-refractivity contribution is 5.84. The summed E-state index contributed by atoms with van der Waals surface area (Å²) in [7, 11) is 0. The van der Waals surface area contributed by atoms with Crippen LogP contribution in [0.3, 0.4) is 0 Å². The Hall–Kier alpha value is -3.15.